The van der Waals surface area contributed by atoms with Gasteiger partial charge in [0.1, 0.15) is 5.75 Å². The van der Waals surface area contributed by atoms with Gasteiger partial charge in [-0.3, -0.25) is 9.69 Å². The summed E-state index contributed by atoms with van der Waals surface area (Å²) in [5, 5.41) is 16.2. The summed E-state index contributed by atoms with van der Waals surface area (Å²) in [4.78, 5) is 12.7. The summed E-state index contributed by atoms with van der Waals surface area (Å²) in [5.41, 5.74) is 8.43. The van der Waals surface area contributed by atoms with Crippen molar-refractivity contribution in [1.82, 2.24) is 4.90 Å². The summed E-state index contributed by atoms with van der Waals surface area (Å²) in [6.07, 6.45) is 1.34. The van der Waals surface area contributed by atoms with Gasteiger partial charge in [0, 0.05) is 23.9 Å². The maximum atomic E-state index is 10.5. The Bertz CT molecular complexity index is 1070. The highest BCUT2D eigenvalue weighted by Gasteiger charge is 2.03. The minimum absolute atomic E-state index is 0.0586. The number of hydrogen-bond donors (Lipinski definition) is 3. The van der Waals surface area contributed by atoms with Crippen LogP contribution in [-0.2, 0) is 6.54 Å². The molecule has 0 radical (unpaired) electrons. The Labute approximate surface area is 187 Å². The fourth-order valence-electron chi connectivity index (χ4n) is 2.55. The molecule has 0 aliphatic rings. The van der Waals surface area contributed by atoms with Crippen molar-refractivity contribution in [3.63, 3.8) is 0 Å². The first-order valence-electron chi connectivity index (χ1n) is 9.49. The predicted octanol–water partition coefficient (Wildman–Crippen LogP) is 4.31. The number of phenolic OH excluding ortho intramolecular Hbond substituents is 1. The van der Waals surface area contributed by atoms with Crippen LogP contribution in [0, 0.1) is 17.3 Å². The standard InChI is InChI=1S/C18H18N2.C7H6ClNO2/c1-20(15-18-6-3-2-4-7-18)13-5-8-16-9-11-17(14-19)12-10-16;8-5-3-4(7(9)11)1-2-6(5)10/h2-4,6-7,9-12,14,19H,13,15H2,1H3;1-3,10H,(H2,9,11). The predicted molar refractivity (Wildman–Crippen MR) is 126 cm³/mol. The van der Waals surface area contributed by atoms with Gasteiger partial charge in [0.05, 0.1) is 11.6 Å². The van der Waals surface area contributed by atoms with E-state index in [1.54, 1.807) is 0 Å². The van der Waals surface area contributed by atoms with Crippen LogP contribution in [0.25, 0.3) is 0 Å². The number of carbonyl (C=O) groups excluding carboxylic acids is 1. The largest absolute Gasteiger partial charge is 0.506 e. The van der Waals surface area contributed by atoms with Crippen molar-refractivity contribution in [1.29, 1.82) is 5.41 Å². The van der Waals surface area contributed by atoms with Gasteiger partial charge in [-0.25, -0.2) is 0 Å². The number of aromatic hydroxyl groups is 1. The number of nitrogens with one attached hydrogen (secondary N) is 1. The molecule has 31 heavy (non-hydrogen) atoms. The number of phenols is 1. The molecule has 0 bridgehead atoms. The molecule has 3 aromatic carbocycles. The minimum Gasteiger partial charge on any atom is -0.506 e. The van der Waals surface area contributed by atoms with Gasteiger partial charge >= 0.3 is 0 Å². The van der Waals surface area contributed by atoms with Crippen molar-refractivity contribution >= 4 is 23.7 Å². The molecule has 0 atom stereocenters. The lowest BCUT2D eigenvalue weighted by Crippen LogP contribution is -2.17. The first-order chi connectivity index (χ1) is 14.9. The molecule has 0 saturated heterocycles. The van der Waals surface area contributed by atoms with Gasteiger partial charge in [-0.05, 0) is 48.5 Å². The van der Waals surface area contributed by atoms with E-state index in [4.69, 9.17) is 27.9 Å². The molecule has 0 unspecified atom stereocenters. The molecule has 0 aromatic heterocycles. The van der Waals surface area contributed by atoms with Crippen molar-refractivity contribution in [2.75, 3.05) is 13.6 Å². The summed E-state index contributed by atoms with van der Waals surface area (Å²) in [5.74, 6) is 5.70. The Hall–Kier alpha value is -3.59. The zero-order chi connectivity index (χ0) is 22.6. The third-order valence-electron chi connectivity index (χ3n) is 4.19. The Morgan fingerprint density at radius 2 is 1.81 bits per heavy atom. The number of hydrogen-bond acceptors (Lipinski definition) is 4. The van der Waals surface area contributed by atoms with Crippen LogP contribution in [-0.4, -0.2) is 35.7 Å². The highest BCUT2D eigenvalue weighted by molar-refractivity contribution is 6.32. The monoisotopic (exact) mass is 433 g/mol. The Balaban J connectivity index is 0.000000262. The molecular formula is C25H24ClN3O2. The van der Waals surface area contributed by atoms with Crippen LogP contribution >= 0.6 is 11.6 Å². The molecule has 1 amide bonds. The quantitative estimate of drug-likeness (QED) is 0.413. The SMILES string of the molecule is CN(CC#Cc1ccc(C=N)cc1)Cc1ccccc1.NC(=O)c1ccc(O)c(Cl)c1. The molecule has 0 spiro atoms. The molecule has 4 N–H and O–H groups in total. The van der Waals surface area contributed by atoms with Crippen LogP contribution in [0.15, 0.2) is 72.8 Å². The zero-order valence-electron chi connectivity index (χ0n) is 17.2. The van der Waals surface area contributed by atoms with Crippen LogP contribution in [0.2, 0.25) is 5.02 Å². The van der Waals surface area contributed by atoms with E-state index in [-0.39, 0.29) is 16.3 Å². The molecule has 6 heteroatoms. The smallest absolute Gasteiger partial charge is 0.248 e. The van der Waals surface area contributed by atoms with Gasteiger partial charge in [0.25, 0.3) is 0 Å². The van der Waals surface area contributed by atoms with Crippen LogP contribution in [0.1, 0.15) is 27.0 Å². The number of halogens is 1. The maximum absolute atomic E-state index is 10.5. The van der Waals surface area contributed by atoms with Gasteiger partial charge < -0.3 is 16.2 Å². The number of benzene rings is 3. The van der Waals surface area contributed by atoms with E-state index in [1.165, 1.54) is 30.0 Å². The Morgan fingerprint density at radius 3 is 2.39 bits per heavy atom. The number of nitrogens with zero attached hydrogens (tertiary/aromatic N) is 1. The van der Waals surface area contributed by atoms with Gasteiger partial charge in [0.2, 0.25) is 5.91 Å². The van der Waals surface area contributed by atoms with Crippen molar-refractivity contribution in [2.45, 2.75) is 6.54 Å². The number of carbonyl (C=O) groups is 1. The number of amides is 1. The molecule has 158 valence electrons. The minimum atomic E-state index is -0.563. The van der Waals surface area contributed by atoms with Gasteiger partial charge in [-0.2, -0.15) is 0 Å². The van der Waals surface area contributed by atoms with Crippen molar-refractivity contribution in [3.05, 3.63) is 100 Å². The molecule has 3 aromatic rings. The third kappa shape index (κ3) is 8.35. The highest BCUT2D eigenvalue weighted by atomic mass is 35.5. The topological polar surface area (TPSA) is 90.4 Å². The second kappa shape index (κ2) is 12.2. The molecule has 0 aliphatic heterocycles. The molecular weight excluding hydrogens is 410 g/mol. The van der Waals surface area contributed by atoms with E-state index in [0.29, 0.717) is 0 Å². The molecule has 0 heterocycles. The molecule has 0 fully saturated rings. The lowest BCUT2D eigenvalue weighted by Gasteiger charge is -2.12. The van der Waals surface area contributed by atoms with Crippen molar-refractivity contribution in [3.8, 4) is 17.6 Å². The normalized spacial score (nSPS) is 9.77. The van der Waals surface area contributed by atoms with E-state index < -0.39 is 5.91 Å². The van der Waals surface area contributed by atoms with E-state index >= 15 is 0 Å². The first kappa shape index (κ1) is 23.7. The summed E-state index contributed by atoms with van der Waals surface area (Å²) in [6.45, 7) is 1.64. The lowest BCUT2D eigenvalue weighted by molar-refractivity contribution is 0.100. The molecule has 5 nitrogen and oxygen atoms in total. The van der Waals surface area contributed by atoms with Crippen molar-refractivity contribution < 1.29 is 9.90 Å². The third-order valence-corrected chi connectivity index (χ3v) is 4.49. The van der Waals surface area contributed by atoms with Gasteiger partial charge in [0.15, 0.2) is 0 Å². The summed E-state index contributed by atoms with van der Waals surface area (Å²) < 4.78 is 0. The molecule has 0 aliphatic carbocycles. The fourth-order valence-corrected chi connectivity index (χ4v) is 2.73. The van der Waals surface area contributed by atoms with Crippen LogP contribution in [0.3, 0.4) is 0 Å². The summed E-state index contributed by atoms with van der Waals surface area (Å²) in [6, 6.07) is 22.1. The second-order valence-electron chi connectivity index (χ2n) is 6.76. The van der Waals surface area contributed by atoms with Crippen molar-refractivity contribution in [2.24, 2.45) is 5.73 Å². The average molecular weight is 434 g/mol. The van der Waals surface area contributed by atoms with Crippen LogP contribution in [0.4, 0.5) is 0 Å². The van der Waals surface area contributed by atoms with Gasteiger partial charge in [-0.1, -0.05) is 65.9 Å². The first-order valence-corrected chi connectivity index (χ1v) is 9.87. The van der Waals surface area contributed by atoms with Crippen LogP contribution < -0.4 is 5.73 Å². The number of primary amides is 1. The average Bonchev–Trinajstić information content (AvgIpc) is 2.77. The Morgan fingerprint density at radius 1 is 1.13 bits per heavy atom. The number of rotatable bonds is 5. The maximum Gasteiger partial charge on any atom is 0.248 e. The second-order valence-corrected chi connectivity index (χ2v) is 7.16. The Kier molecular flexibility index (Phi) is 9.31. The molecule has 3 rings (SSSR count). The number of nitrogens with two attached hydrogens (primary N) is 1. The van der Waals surface area contributed by atoms with E-state index in [0.717, 1.165) is 24.2 Å². The summed E-state index contributed by atoms with van der Waals surface area (Å²) in [7, 11) is 2.07. The van der Waals surface area contributed by atoms with Gasteiger partial charge in [-0.15, -0.1) is 0 Å². The summed E-state index contributed by atoms with van der Waals surface area (Å²) >= 11 is 5.50. The van der Waals surface area contributed by atoms with E-state index in [9.17, 15) is 4.79 Å². The van der Waals surface area contributed by atoms with E-state index in [2.05, 4.69) is 48.1 Å². The highest BCUT2D eigenvalue weighted by Crippen LogP contribution is 2.23. The fraction of sp³-hybridized carbons (Fsp3) is 0.120. The molecule has 0 saturated carbocycles. The zero-order valence-corrected chi connectivity index (χ0v) is 17.9. The van der Waals surface area contributed by atoms with E-state index in [1.807, 2.05) is 30.3 Å². The lowest BCUT2D eigenvalue weighted by atomic mass is 10.1. The van der Waals surface area contributed by atoms with Crippen LogP contribution in [0.5, 0.6) is 5.75 Å².